The van der Waals surface area contributed by atoms with Gasteiger partial charge in [0.05, 0.1) is 17.2 Å². The third kappa shape index (κ3) is 3.25. The Morgan fingerprint density at radius 3 is 2.40 bits per heavy atom. The first-order valence-electron chi connectivity index (χ1n) is 6.77. The largest absolute Gasteiger partial charge is 0.249 e. The highest BCUT2D eigenvalue weighted by Gasteiger charge is 2.15. The number of aryl methyl sites for hydroxylation is 3. The molecule has 0 saturated heterocycles. The van der Waals surface area contributed by atoms with E-state index in [2.05, 4.69) is 10.1 Å². The van der Waals surface area contributed by atoms with Crippen LogP contribution in [0.15, 0.2) is 35.2 Å². The standard InChI is InChI=1S/C14H19N3O2S/c1-3-13-15-14(4-2)17(16-13)10-11-20(18,19)12-8-6-5-7-9-12/h5-9H,3-4,10-11H2,1-2H3. The second-order valence-electron chi connectivity index (χ2n) is 4.51. The highest BCUT2D eigenvalue weighted by molar-refractivity contribution is 7.91. The van der Waals surface area contributed by atoms with Crippen LogP contribution in [0, 0.1) is 0 Å². The summed E-state index contributed by atoms with van der Waals surface area (Å²) >= 11 is 0. The molecular weight excluding hydrogens is 274 g/mol. The Balaban J connectivity index is 2.14. The maximum absolute atomic E-state index is 12.2. The van der Waals surface area contributed by atoms with Crippen molar-refractivity contribution in [3.63, 3.8) is 0 Å². The summed E-state index contributed by atoms with van der Waals surface area (Å²) in [6.07, 6.45) is 1.50. The van der Waals surface area contributed by atoms with E-state index in [1.165, 1.54) is 0 Å². The van der Waals surface area contributed by atoms with Crippen molar-refractivity contribution in [2.45, 2.75) is 38.1 Å². The van der Waals surface area contributed by atoms with Crippen molar-refractivity contribution in [3.05, 3.63) is 42.0 Å². The molecule has 2 aromatic rings. The molecule has 0 amide bonds. The van der Waals surface area contributed by atoms with Crippen molar-refractivity contribution < 1.29 is 8.42 Å². The minimum Gasteiger partial charge on any atom is -0.249 e. The number of sulfone groups is 1. The molecule has 0 aliphatic heterocycles. The van der Waals surface area contributed by atoms with Crippen LogP contribution in [0.3, 0.4) is 0 Å². The second kappa shape index (κ2) is 6.17. The van der Waals surface area contributed by atoms with Gasteiger partial charge in [0.2, 0.25) is 0 Å². The Morgan fingerprint density at radius 1 is 1.10 bits per heavy atom. The third-order valence-electron chi connectivity index (χ3n) is 3.10. The number of benzene rings is 1. The molecule has 0 saturated carbocycles. The SMILES string of the molecule is CCc1nc(CC)n(CCS(=O)(=O)c2ccccc2)n1. The highest BCUT2D eigenvalue weighted by Crippen LogP contribution is 2.11. The number of rotatable bonds is 6. The molecule has 0 atom stereocenters. The molecule has 2 rings (SSSR count). The van der Waals surface area contributed by atoms with Crippen molar-refractivity contribution >= 4 is 9.84 Å². The van der Waals surface area contributed by atoms with Gasteiger partial charge in [-0.05, 0) is 12.1 Å². The first-order valence-corrected chi connectivity index (χ1v) is 8.42. The number of aromatic nitrogens is 3. The van der Waals surface area contributed by atoms with Gasteiger partial charge in [-0.3, -0.25) is 0 Å². The predicted molar refractivity (Wildman–Crippen MR) is 77.3 cm³/mol. The normalized spacial score (nSPS) is 11.7. The van der Waals surface area contributed by atoms with E-state index < -0.39 is 9.84 Å². The summed E-state index contributed by atoms with van der Waals surface area (Å²) in [5.41, 5.74) is 0. The minimum absolute atomic E-state index is 0.0382. The molecule has 0 aliphatic rings. The van der Waals surface area contributed by atoms with Crippen molar-refractivity contribution in [2.24, 2.45) is 0 Å². The lowest BCUT2D eigenvalue weighted by Gasteiger charge is -2.06. The molecule has 1 aromatic heterocycles. The van der Waals surface area contributed by atoms with E-state index in [0.717, 1.165) is 24.5 Å². The summed E-state index contributed by atoms with van der Waals surface area (Å²) in [7, 11) is -3.27. The lowest BCUT2D eigenvalue weighted by Crippen LogP contribution is -2.16. The molecule has 0 bridgehead atoms. The van der Waals surface area contributed by atoms with Crippen LogP contribution >= 0.6 is 0 Å². The first-order chi connectivity index (χ1) is 9.56. The van der Waals surface area contributed by atoms with Gasteiger partial charge in [-0.25, -0.2) is 18.1 Å². The summed E-state index contributed by atoms with van der Waals surface area (Å²) < 4.78 is 26.1. The predicted octanol–water partition coefficient (Wildman–Crippen LogP) is 1.88. The number of hydrogen-bond acceptors (Lipinski definition) is 4. The van der Waals surface area contributed by atoms with Crippen LogP contribution in [-0.4, -0.2) is 28.9 Å². The molecule has 0 N–H and O–H groups in total. The Labute approximate surface area is 119 Å². The Kier molecular flexibility index (Phi) is 4.54. The first kappa shape index (κ1) is 14.7. The van der Waals surface area contributed by atoms with E-state index in [4.69, 9.17) is 0 Å². The van der Waals surface area contributed by atoms with E-state index in [-0.39, 0.29) is 5.75 Å². The number of hydrogen-bond donors (Lipinski definition) is 0. The molecule has 0 unspecified atom stereocenters. The van der Waals surface area contributed by atoms with E-state index in [9.17, 15) is 8.42 Å². The van der Waals surface area contributed by atoms with Crippen LogP contribution in [0.4, 0.5) is 0 Å². The van der Waals surface area contributed by atoms with Gasteiger partial charge in [-0.1, -0.05) is 32.0 Å². The zero-order valence-corrected chi connectivity index (χ0v) is 12.6. The molecule has 5 nitrogen and oxygen atoms in total. The van der Waals surface area contributed by atoms with Crippen LogP contribution in [0.1, 0.15) is 25.5 Å². The molecule has 6 heteroatoms. The Bertz CT molecular complexity index is 663. The summed E-state index contributed by atoms with van der Waals surface area (Å²) in [6.45, 7) is 4.32. The topological polar surface area (TPSA) is 64.8 Å². The Morgan fingerprint density at radius 2 is 1.80 bits per heavy atom. The molecule has 0 spiro atoms. The highest BCUT2D eigenvalue weighted by atomic mass is 32.2. The van der Waals surface area contributed by atoms with Gasteiger partial charge in [0.1, 0.15) is 5.82 Å². The maximum atomic E-state index is 12.2. The summed E-state index contributed by atoms with van der Waals surface area (Å²) in [4.78, 5) is 4.73. The molecule has 108 valence electrons. The average Bonchev–Trinajstić information content (AvgIpc) is 2.89. The fourth-order valence-corrected chi connectivity index (χ4v) is 3.19. The van der Waals surface area contributed by atoms with Gasteiger partial charge in [0, 0.05) is 12.8 Å². The van der Waals surface area contributed by atoms with Gasteiger partial charge >= 0.3 is 0 Å². The quantitative estimate of drug-likeness (QED) is 0.815. The molecular formula is C14H19N3O2S. The van der Waals surface area contributed by atoms with Crippen molar-refractivity contribution in [2.75, 3.05) is 5.75 Å². The lowest BCUT2D eigenvalue weighted by molar-refractivity contribution is 0.571. The molecule has 0 fully saturated rings. The van der Waals surface area contributed by atoms with Gasteiger partial charge in [0.15, 0.2) is 15.7 Å². The van der Waals surface area contributed by atoms with E-state index in [0.29, 0.717) is 11.4 Å². The van der Waals surface area contributed by atoms with Crippen LogP contribution < -0.4 is 0 Å². The molecule has 0 radical (unpaired) electrons. The van der Waals surface area contributed by atoms with Crippen LogP contribution in [0.5, 0.6) is 0 Å². The smallest absolute Gasteiger partial charge is 0.180 e. The minimum atomic E-state index is -3.27. The second-order valence-corrected chi connectivity index (χ2v) is 6.62. The fourth-order valence-electron chi connectivity index (χ4n) is 1.97. The molecule has 1 heterocycles. The summed E-state index contributed by atoms with van der Waals surface area (Å²) in [6, 6.07) is 8.51. The average molecular weight is 293 g/mol. The summed E-state index contributed by atoms with van der Waals surface area (Å²) in [5.74, 6) is 1.64. The lowest BCUT2D eigenvalue weighted by atomic mass is 10.4. The van der Waals surface area contributed by atoms with Gasteiger partial charge in [-0.15, -0.1) is 0 Å². The van der Waals surface area contributed by atoms with E-state index in [1.54, 1.807) is 35.0 Å². The fraction of sp³-hybridized carbons (Fsp3) is 0.429. The zero-order valence-electron chi connectivity index (χ0n) is 11.8. The van der Waals surface area contributed by atoms with Gasteiger partial charge in [0.25, 0.3) is 0 Å². The van der Waals surface area contributed by atoms with Crippen molar-refractivity contribution in [1.29, 1.82) is 0 Å². The third-order valence-corrected chi connectivity index (χ3v) is 4.81. The van der Waals surface area contributed by atoms with Gasteiger partial charge < -0.3 is 0 Å². The number of nitrogens with zero attached hydrogens (tertiary/aromatic N) is 3. The monoisotopic (exact) mass is 293 g/mol. The molecule has 1 aromatic carbocycles. The van der Waals surface area contributed by atoms with Crippen LogP contribution in [0.2, 0.25) is 0 Å². The zero-order chi connectivity index (χ0) is 14.6. The van der Waals surface area contributed by atoms with E-state index in [1.807, 2.05) is 13.8 Å². The van der Waals surface area contributed by atoms with E-state index >= 15 is 0 Å². The van der Waals surface area contributed by atoms with Crippen LogP contribution in [-0.2, 0) is 29.2 Å². The Hall–Kier alpha value is -1.69. The summed E-state index contributed by atoms with van der Waals surface area (Å²) in [5, 5.41) is 4.34. The van der Waals surface area contributed by atoms with Gasteiger partial charge in [-0.2, -0.15) is 5.10 Å². The maximum Gasteiger partial charge on any atom is 0.180 e. The molecule has 0 aliphatic carbocycles. The molecule has 20 heavy (non-hydrogen) atoms. The van der Waals surface area contributed by atoms with Crippen molar-refractivity contribution in [1.82, 2.24) is 14.8 Å². The van der Waals surface area contributed by atoms with Crippen molar-refractivity contribution in [3.8, 4) is 0 Å². The van der Waals surface area contributed by atoms with Crippen LogP contribution in [0.25, 0.3) is 0 Å².